The average Bonchev–Trinajstić information content (AvgIpc) is 3.33. The average molecular weight is 398 g/mol. The minimum absolute atomic E-state index is 0.0742. The molecule has 0 spiro atoms. The van der Waals surface area contributed by atoms with E-state index in [2.05, 4.69) is 21.8 Å². The highest BCUT2D eigenvalue weighted by Crippen LogP contribution is 2.27. The van der Waals surface area contributed by atoms with Crippen LogP contribution in [0.25, 0.3) is 21.4 Å². The van der Waals surface area contributed by atoms with E-state index in [1.807, 2.05) is 48.5 Å². The summed E-state index contributed by atoms with van der Waals surface area (Å²) in [6, 6.07) is 19.7. The molecule has 0 amide bonds. The molecular weight excluding hydrogens is 378 g/mol. The molecule has 27 heavy (non-hydrogen) atoms. The summed E-state index contributed by atoms with van der Waals surface area (Å²) in [5, 5.41) is 5.28. The largest absolute Gasteiger partial charge is 0.460 e. The van der Waals surface area contributed by atoms with Gasteiger partial charge in [0.1, 0.15) is 11.5 Å². The van der Waals surface area contributed by atoms with Gasteiger partial charge in [0.05, 0.1) is 16.9 Å². The van der Waals surface area contributed by atoms with Crippen LogP contribution in [0.5, 0.6) is 0 Å². The van der Waals surface area contributed by atoms with Crippen LogP contribution in [0.4, 0.5) is 0 Å². The lowest BCUT2D eigenvalue weighted by atomic mass is 10.1. The highest BCUT2D eigenvalue weighted by Gasteiger charge is 2.13. The van der Waals surface area contributed by atoms with Crippen molar-refractivity contribution in [3.05, 3.63) is 77.1 Å². The molecule has 1 unspecified atom stereocenters. The molecule has 0 radical (unpaired) electrons. The molecule has 3 N–H and O–H groups in total. The fourth-order valence-electron chi connectivity index (χ4n) is 3.02. The number of hydrogen-bond acceptors (Lipinski definition) is 5. The summed E-state index contributed by atoms with van der Waals surface area (Å²) < 4.78 is 11.6. The third-order valence-electron chi connectivity index (χ3n) is 4.48. The van der Waals surface area contributed by atoms with Gasteiger partial charge in [-0.3, -0.25) is 0 Å². The predicted octanol–water partition coefficient (Wildman–Crippen LogP) is 5.39. The Kier molecular flexibility index (Phi) is 5.55. The van der Waals surface area contributed by atoms with Crippen LogP contribution in [-0.2, 0) is 6.54 Å². The zero-order valence-electron chi connectivity index (χ0n) is 14.7. The molecule has 0 aliphatic heterocycles. The van der Waals surface area contributed by atoms with Crippen molar-refractivity contribution in [1.82, 2.24) is 9.69 Å². The van der Waals surface area contributed by atoms with E-state index in [4.69, 9.17) is 21.8 Å². The van der Waals surface area contributed by atoms with Crippen LogP contribution in [0.2, 0.25) is 5.02 Å². The third-order valence-corrected chi connectivity index (χ3v) is 5.57. The summed E-state index contributed by atoms with van der Waals surface area (Å²) in [6.45, 7) is 1.46. The van der Waals surface area contributed by atoms with Gasteiger partial charge in [0.25, 0.3) is 0 Å². The van der Waals surface area contributed by atoms with E-state index in [9.17, 15) is 0 Å². The number of fused-ring (bicyclic) bond motifs is 1. The summed E-state index contributed by atoms with van der Waals surface area (Å²) in [4.78, 5) is 0. The first-order chi connectivity index (χ1) is 13.2. The molecule has 1 atom stereocenters. The molecule has 2 aromatic carbocycles. The predicted molar refractivity (Wildman–Crippen MR) is 112 cm³/mol. The molecule has 0 saturated heterocycles. The van der Waals surface area contributed by atoms with Gasteiger partial charge >= 0.3 is 0 Å². The maximum atomic E-state index is 6.35. The minimum Gasteiger partial charge on any atom is -0.460 e. The fraction of sp³-hybridized carbons (Fsp3) is 0.190. The lowest BCUT2D eigenvalue weighted by Gasteiger charge is -2.10. The van der Waals surface area contributed by atoms with E-state index in [0.29, 0.717) is 6.54 Å². The number of furan rings is 1. The Morgan fingerprint density at radius 2 is 1.89 bits per heavy atom. The number of benzene rings is 2. The maximum absolute atomic E-state index is 6.35. The van der Waals surface area contributed by atoms with Crippen molar-refractivity contribution in [2.75, 3.05) is 6.54 Å². The molecule has 0 aliphatic carbocycles. The molecular formula is C21H20ClN3OS. The molecule has 0 saturated carbocycles. The number of nitrogens with zero attached hydrogens (tertiary/aromatic N) is 1. The van der Waals surface area contributed by atoms with Crippen molar-refractivity contribution in [2.24, 2.45) is 5.73 Å². The van der Waals surface area contributed by atoms with Gasteiger partial charge in [0, 0.05) is 22.0 Å². The lowest BCUT2D eigenvalue weighted by Crippen LogP contribution is -2.21. The summed E-state index contributed by atoms with van der Waals surface area (Å²) in [5.74, 6) is 1.74. The van der Waals surface area contributed by atoms with Gasteiger partial charge in [0.15, 0.2) is 0 Å². The zero-order valence-corrected chi connectivity index (χ0v) is 16.3. The fourth-order valence-corrected chi connectivity index (χ4v) is 3.99. The summed E-state index contributed by atoms with van der Waals surface area (Å²) >= 11 is 7.43. The first-order valence-electron chi connectivity index (χ1n) is 8.86. The van der Waals surface area contributed by atoms with Crippen LogP contribution in [0, 0.1) is 0 Å². The molecule has 2 heterocycles. The SMILES string of the molecule is NC(CCNCc1ccc(-c2ccc(Cl)cc2)o1)c1nsc2ccccc12. The molecule has 2 aromatic heterocycles. The summed E-state index contributed by atoms with van der Waals surface area (Å²) in [7, 11) is 0. The molecule has 0 fully saturated rings. The van der Waals surface area contributed by atoms with Gasteiger partial charge in [-0.05, 0) is 67.0 Å². The van der Waals surface area contributed by atoms with Crippen molar-refractivity contribution in [3.63, 3.8) is 0 Å². The van der Waals surface area contributed by atoms with Crippen LogP contribution < -0.4 is 11.1 Å². The van der Waals surface area contributed by atoms with Crippen molar-refractivity contribution in [3.8, 4) is 11.3 Å². The number of aromatic nitrogens is 1. The van der Waals surface area contributed by atoms with Crippen molar-refractivity contribution in [1.29, 1.82) is 0 Å². The van der Waals surface area contributed by atoms with Crippen molar-refractivity contribution in [2.45, 2.75) is 19.0 Å². The second-order valence-electron chi connectivity index (χ2n) is 6.41. The van der Waals surface area contributed by atoms with Crippen LogP contribution in [0.3, 0.4) is 0 Å². The Morgan fingerprint density at radius 3 is 2.74 bits per heavy atom. The molecule has 4 nitrogen and oxygen atoms in total. The van der Waals surface area contributed by atoms with E-state index < -0.39 is 0 Å². The second kappa shape index (κ2) is 8.23. The van der Waals surface area contributed by atoms with Crippen molar-refractivity contribution >= 4 is 33.2 Å². The summed E-state index contributed by atoms with van der Waals surface area (Å²) in [6.07, 6.45) is 0.818. The first kappa shape index (κ1) is 18.2. The van der Waals surface area contributed by atoms with E-state index in [0.717, 1.165) is 46.2 Å². The molecule has 138 valence electrons. The Morgan fingerprint density at radius 1 is 1.07 bits per heavy atom. The van der Waals surface area contributed by atoms with E-state index in [1.165, 1.54) is 16.2 Å². The van der Waals surface area contributed by atoms with Crippen molar-refractivity contribution < 1.29 is 4.42 Å². The highest BCUT2D eigenvalue weighted by atomic mass is 35.5. The molecule has 0 bridgehead atoms. The number of halogens is 1. The van der Waals surface area contributed by atoms with Crippen LogP contribution in [0.1, 0.15) is 23.9 Å². The lowest BCUT2D eigenvalue weighted by molar-refractivity contribution is 0.483. The standard InChI is InChI=1S/C21H20ClN3OS/c22-15-7-5-14(6-8-15)19-10-9-16(26-19)13-24-12-11-18(23)21-17-3-1-2-4-20(17)27-25-21/h1-10,18,24H,11-13,23H2. The number of nitrogens with two attached hydrogens (primary N) is 1. The third kappa shape index (κ3) is 4.22. The van der Waals surface area contributed by atoms with Gasteiger partial charge in [-0.25, -0.2) is 0 Å². The normalized spacial score (nSPS) is 12.5. The van der Waals surface area contributed by atoms with Gasteiger partial charge < -0.3 is 15.5 Å². The van der Waals surface area contributed by atoms with Gasteiger partial charge in [-0.2, -0.15) is 4.37 Å². The van der Waals surface area contributed by atoms with Crippen LogP contribution in [-0.4, -0.2) is 10.9 Å². The topological polar surface area (TPSA) is 64.1 Å². The molecule has 4 aromatic rings. The number of rotatable bonds is 7. The number of hydrogen-bond donors (Lipinski definition) is 2. The Bertz CT molecular complexity index is 1030. The Hall–Kier alpha value is -2.18. The smallest absolute Gasteiger partial charge is 0.134 e. The van der Waals surface area contributed by atoms with Crippen LogP contribution in [0.15, 0.2) is 65.1 Å². The van der Waals surface area contributed by atoms with E-state index >= 15 is 0 Å². The maximum Gasteiger partial charge on any atom is 0.134 e. The zero-order chi connectivity index (χ0) is 18.6. The quantitative estimate of drug-likeness (QED) is 0.410. The van der Waals surface area contributed by atoms with Gasteiger partial charge in [-0.1, -0.05) is 29.8 Å². The number of nitrogens with one attached hydrogen (secondary N) is 1. The molecule has 0 aliphatic rings. The highest BCUT2D eigenvalue weighted by molar-refractivity contribution is 7.13. The monoisotopic (exact) mass is 397 g/mol. The van der Waals surface area contributed by atoms with Gasteiger partial charge in [-0.15, -0.1) is 0 Å². The van der Waals surface area contributed by atoms with E-state index in [1.54, 1.807) is 0 Å². The van der Waals surface area contributed by atoms with Crippen LogP contribution >= 0.6 is 23.1 Å². The first-order valence-corrected chi connectivity index (χ1v) is 10.0. The molecule has 6 heteroatoms. The Labute approximate surface area is 167 Å². The molecule has 4 rings (SSSR count). The van der Waals surface area contributed by atoms with E-state index in [-0.39, 0.29) is 6.04 Å². The minimum atomic E-state index is -0.0742. The summed E-state index contributed by atoms with van der Waals surface area (Å²) in [5.41, 5.74) is 8.35. The Balaban J connectivity index is 1.29. The second-order valence-corrected chi connectivity index (χ2v) is 7.65. The van der Waals surface area contributed by atoms with Gasteiger partial charge in [0.2, 0.25) is 0 Å².